The molecular formula is C5H7N3OS2. The summed E-state index contributed by atoms with van der Waals surface area (Å²) in [4.78, 5) is 4.01. The Morgan fingerprint density at radius 1 is 1.91 bits per heavy atom. The van der Waals surface area contributed by atoms with E-state index in [1.807, 2.05) is 5.38 Å². The lowest BCUT2D eigenvalue weighted by molar-refractivity contribution is 0.318. The second-order valence-electron chi connectivity index (χ2n) is 1.68. The summed E-state index contributed by atoms with van der Waals surface area (Å²) < 4.78 is 0.927. The minimum Gasteiger partial charge on any atom is -0.409 e. The predicted molar refractivity (Wildman–Crippen MR) is 46.2 cm³/mol. The van der Waals surface area contributed by atoms with Gasteiger partial charge in [-0.3, -0.25) is 0 Å². The van der Waals surface area contributed by atoms with E-state index >= 15 is 0 Å². The van der Waals surface area contributed by atoms with Gasteiger partial charge in [0.1, 0.15) is 10.2 Å². The van der Waals surface area contributed by atoms with Crippen LogP contribution in [0.1, 0.15) is 0 Å². The van der Waals surface area contributed by atoms with E-state index in [2.05, 4.69) is 10.1 Å². The van der Waals surface area contributed by atoms with Gasteiger partial charge in [-0.2, -0.15) is 0 Å². The van der Waals surface area contributed by atoms with E-state index in [0.717, 1.165) is 4.34 Å². The number of rotatable bonds is 3. The van der Waals surface area contributed by atoms with Gasteiger partial charge in [0.25, 0.3) is 0 Å². The van der Waals surface area contributed by atoms with E-state index in [1.165, 1.54) is 23.1 Å². The van der Waals surface area contributed by atoms with E-state index < -0.39 is 0 Å². The number of thioether (sulfide) groups is 1. The smallest absolute Gasteiger partial charge is 0.150 e. The second-order valence-corrected chi connectivity index (χ2v) is 3.80. The number of oxime groups is 1. The lowest BCUT2D eigenvalue weighted by Gasteiger charge is -1.93. The quantitative estimate of drug-likeness (QED) is 0.244. The number of amidine groups is 1. The summed E-state index contributed by atoms with van der Waals surface area (Å²) in [6.45, 7) is 0. The Kier molecular flexibility index (Phi) is 3.18. The van der Waals surface area contributed by atoms with Crippen molar-refractivity contribution in [2.45, 2.75) is 4.34 Å². The lowest BCUT2D eigenvalue weighted by atomic mass is 10.7. The largest absolute Gasteiger partial charge is 0.409 e. The van der Waals surface area contributed by atoms with E-state index in [9.17, 15) is 0 Å². The van der Waals surface area contributed by atoms with Gasteiger partial charge in [-0.25, -0.2) is 4.98 Å². The maximum Gasteiger partial charge on any atom is 0.150 e. The zero-order chi connectivity index (χ0) is 8.10. The fourth-order valence-electron chi connectivity index (χ4n) is 0.446. The minimum absolute atomic E-state index is 0.213. The molecule has 0 atom stereocenters. The van der Waals surface area contributed by atoms with Crippen LogP contribution in [0.2, 0.25) is 0 Å². The first kappa shape index (κ1) is 8.35. The SMILES string of the molecule is N/C(CSc1nccs1)=N\O. The van der Waals surface area contributed by atoms with Crippen molar-refractivity contribution >= 4 is 28.9 Å². The summed E-state index contributed by atoms with van der Waals surface area (Å²) in [5.41, 5.74) is 5.25. The van der Waals surface area contributed by atoms with Gasteiger partial charge in [0.2, 0.25) is 0 Å². The molecule has 3 N–H and O–H groups in total. The molecule has 0 aromatic carbocycles. The third kappa shape index (κ3) is 2.77. The molecule has 60 valence electrons. The molecule has 4 nitrogen and oxygen atoms in total. The molecule has 0 unspecified atom stereocenters. The van der Waals surface area contributed by atoms with E-state index in [4.69, 9.17) is 10.9 Å². The van der Waals surface area contributed by atoms with Gasteiger partial charge >= 0.3 is 0 Å². The van der Waals surface area contributed by atoms with Gasteiger partial charge < -0.3 is 10.9 Å². The van der Waals surface area contributed by atoms with Crippen LogP contribution in [-0.2, 0) is 0 Å². The van der Waals surface area contributed by atoms with Gasteiger partial charge in [-0.1, -0.05) is 16.9 Å². The van der Waals surface area contributed by atoms with Crippen LogP contribution in [0.15, 0.2) is 21.1 Å². The third-order valence-electron chi connectivity index (χ3n) is 0.882. The molecule has 0 radical (unpaired) electrons. The zero-order valence-corrected chi connectivity index (χ0v) is 7.23. The lowest BCUT2D eigenvalue weighted by Crippen LogP contribution is -2.13. The average Bonchev–Trinajstić information content (AvgIpc) is 2.52. The molecule has 0 aliphatic carbocycles. The maximum absolute atomic E-state index is 8.20. The summed E-state index contributed by atoms with van der Waals surface area (Å²) in [5, 5.41) is 12.9. The van der Waals surface area contributed by atoms with Crippen LogP contribution in [0.5, 0.6) is 0 Å². The summed E-state index contributed by atoms with van der Waals surface area (Å²) in [7, 11) is 0. The number of nitrogens with zero attached hydrogens (tertiary/aromatic N) is 2. The first-order valence-corrected chi connectivity index (χ1v) is 4.68. The van der Waals surface area contributed by atoms with Crippen LogP contribution in [-0.4, -0.2) is 21.8 Å². The van der Waals surface area contributed by atoms with Crippen molar-refractivity contribution in [3.8, 4) is 0 Å². The number of hydrogen-bond donors (Lipinski definition) is 2. The van der Waals surface area contributed by atoms with Crippen molar-refractivity contribution in [1.82, 2.24) is 4.98 Å². The van der Waals surface area contributed by atoms with E-state index in [1.54, 1.807) is 6.20 Å². The van der Waals surface area contributed by atoms with Crippen LogP contribution < -0.4 is 5.73 Å². The summed E-state index contributed by atoms with van der Waals surface area (Å²) in [6.07, 6.45) is 1.72. The summed E-state index contributed by atoms with van der Waals surface area (Å²) in [5.74, 6) is 0.689. The zero-order valence-electron chi connectivity index (χ0n) is 5.60. The topological polar surface area (TPSA) is 71.5 Å². The molecule has 0 aliphatic heterocycles. The molecule has 0 saturated carbocycles. The number of nitrogens with two attached hydrogens (primary N) is 1. The van der Waals surface area contributed by atoms with Crippen LogP contribution in [0.4, 0.5) is 0 Å². The Morgan fingerprint density at radius 3 is 3.27 bits per heavy atom. The van der Waals surface area contributed by atoms with Crippen molar-refractivity contribution in [2.24, 2.45) is 10.9 Å². The Balaban J connectivity index is 2.35. The van der Waals surface area contributed by atoms with Gasteiger partial charge in [0.15, 0.2) is 0 Å². The monoisotopic (exact) mass is 189 g/mol. The second kappa shape index (κ2) is 4.20. The highest BCUT2D eigenvalue weighted by Gasteiger charge is 1.97. The highest BCUT2D eigenvalue weighted by atomic mass is 32.2. The Labute approximate surface area is 72.1 Å². The Hall–Kier alpha value is -0.750. The van der Waals surface area contributed by atoms with Crippen LogP contribution in [0.25, 0.3) is 0 Å². The Bertz CT molecular complexity index is 234. The van der Waals surface area contributed by atoms with Gasteiger partial charge in [-0.15, -0.1) is 11.3 Å². The standard InChI is InChI=1S/C5H7N3OS2/c6-4(8-9)3-11-5-7-1-2-10-5/h1-2,9H,3H2,(H2,6,8). The highest BCUT2D eigenvalue weighted by Crippen LogP contribution is 2.19. The number of aromatic nitrogens is 1. The van der Waals surface area contributed by atoms with Crippen LogP contribution in [0.3, 0.4) is 0 Å². The van der Waals surface area contributed by atoms with E-state index in [-0.39, 0.29) is 5.84 Å². The molecule has 0 aliphatic rings. The van der Waals surface area contributed by atoms with Gasteiger partial charge in [0, 0.05) is 11.6 Å². The molecule has 11 heavy (non-hydrogen) atoms. The van der Waals surface area contributed by atoms with Crippen molar-refractivity contribution in [3.63, 3.8) is 0 Å². The first-order chi connectivity index (χ1) is 5.33. The first-order valence-electron chi connectivity index (χ1n) is 2.81. The van der Waals surface area contributed by atoms with Gasteiger partial charge in [0.05, 0.1) is 5.75 Å². The third-order valence-corrected chi connectivity index (χ3v) is 2.88. The molecule has 1 aromatic heterocycles. The Morgan fingerprint density at radius 2 is 2.73 bits per heavy atom. The summed E-state index contributed by atoms with van der Waals surface area (Å²) in [6, 6.07) is 0. The molecule has 0 fully saturated rings. The fraction of sp³-hybridized carbons (Fsp3) is 0.200. The molecule has 1 heterocycles. The number of hydrogen-bond acceptors (Lipinski definition) is 5. The van der Waals surface area contributed by atoms with Crippen molar-refractivity contribution in [3.05, 3.63) is 11.6 Å². The maximum atomic E-state index is 8.20. The molecule has 0 bridgehead atoms. The fourth-order valence-corrected chi connectivity index (χ4v) is 1.89. The average molecular weight is 189 g/mol. The van der Waals surface area contributed by atoms with Crippen molar-refractivity contribution in [2.75, 3.05) is 5.75 Å². The van der Waals surface area contributed by atoms with E-state index in [0.29, 0.717) is 5.75 Å². The molecule has 0 spiro atoms. The van der Waals surface area contributed by atoms with Crippen LogP contribution >= 0.6 is 23.1 Å². The normalized spacial score (nSPS) is 11.8. The van der Waals surface area contributed by atoms with Gasteiger partial charge in [-0.05, 0) is 0 Å². The van der Waals surface area contributed by atoms with Crippen LogP contribution in [0, 0.1) is 0 Å². The molecule has 1 rings (SSSR count). The summed E-state index contributed by atoms with van der Waals surface area (Å²) >= 11 is 2.99. The molecule has 1 aromatic rings. The number of thiazole rings is 1. The predicted octanol–water partition coefficient (Wildman–Crippen LogP) is 0.982. The molecular weight excluding hydrogens is 182 g/mol. The van der Waals surface area contributed by atoms with Crippen molar-refractivity contribution in [1.29, 1.82) is 0 Å². The molecule has 6 heteroatoms. The molecule has 0 amide bonds. The van der Waals surface area contributed by atoms with Crippen molar-refractivity contribution < 1.29 is 5.21 Å². The minimum atomic E-state index is 0.213. The molecule has 0 saturated heterocycles. The highest BCUT2D eigenvalue weighted by molar-refractivity contribution is 8.01.